The molecule has 4 atom stereocenters. The number of nitrogens with zero attached hydrogens (tertiary/aromatic N) is 1. The van der Waals surface area contributed by atoms with Crippen LogP contribution in [0.5, 0.6) is 5.75 Å². The zero-order valence-electron chi connectivity index (χ0n) is 23.6. The molecule has 1 saturated heterocycles. The van der Waals surface area contributed by atoms with Gasteiger partial charge in [0.05, 0.1) is 36.8 Å². The van der Waals surface area contributed by atoms with Gasteiger partial charge >= 0.3 is 7.12 Å². The molecule has 2 amide bonds. The molecular weight excluding hydrogens is 525 g/mol. The lowest BCUT2D eigenvalue weighted by Crippen LogP contribution is -2.39. The number of aliphatic hydroxyl groups excluding tert-OH is 3. The Morgan fingerprint density at radius 1 is 1.10 bits per heavy atom. The maximum Gasteiger partial charge on any atom is 0.488 e. The molecule has 10 heteroatoms. The second-order valence-corrected chi connectivity index (χ2v) is 11.0. The smallest absolute Gasteiger partial charge is 0.488 e. The first kappa shape index (κ1) is 30.7. The molecule has 0 saturated carbocycles. The molecule has 2 aliphatic rings. The van der Waals surface area contributed by atoms with Gasteiger partial charge in [0, 0.05) is 5.92 Å². The quantitative estimate of drug-likeness (QED) is 0.145. The van der Waals surface area contributed by atoms with Gasteiger partial charge in [0.1, 0.15) is 5.75 Å². The van der Waals surface area contributed by atoms with Crippen LogP contribution in [0.15, 0.2) is 53.1 Å². The summed E-state index contributed by atoms with van der Waals surface area (Å²) in [5, 5.41) is 61.2. The molecule has 218 valence electrons. The Morgan fingerprint density at radius 2 is 1.78 bits per heavy atom. The number of hydrogen-bond acceptors (Lipinski definition) is 8. The van der Waals surface area contributed by atoms with Crippen LogP contribution in [0, 0.1) is 31.6 Å². The van der Waals surface area contributed by atoms with Crippen LogP contribution in [0.2, 0.25) is 0 Å². The molecule has 6 N–H and O–H groups in total. The zero-order chi connectivity index (χ0) is 30.0. The van der Waals surface area contributed by atoms with Gasteiger partial charge in [-0.05, 0) is 97.1 Å². The van der Waals surface area contributed by atoms with Crippen LogP contribution in [0.25, 0.3) is 6.08 Å². The topological polar surface area (TPSA) is 159 Å². The molecule has 0 aromatic heterocycles. The number of hydrogen-bond donors (Lipinski definition) is 6. The fourth-order valence-corrected chi connectivity index (χ4v) is 6.32. The van der Waals surface area contributed by atoms with Crippen LogP contribution in [0.1, 0.15) is 49.3 Å². The second-order valence-electron chi connectivity index (χ2n) is 11.0. The van der Waals surface area contributed by atoms with Crippen molar-refractivity contribution in [2.24, 2.45) is 17.8 Å². The van der Waals surface area contributed by atoms with Crippen LogP contribution in [0.3, 0.4) is 0 Å². The van der Waals surface area contributed by atoms with Gasteiger partial charge in [-0.15, -0.1) is 0 Å². The number of anilines is 1. The van der Waals surface area contributed by atoms with Crippen molar-refractivity contribution in [1.82, 2.24) is 0 Å². The van der Waals surface area contributed by atoms with E-state index in [1.54, 1.807) is 0 Å². The summed E-state index contributed by atoms with van der Waals surface area (Å²) < 4.78 is 0. The Morgan fingerprint density at radius 3 is 2.37 bits per heavy atom. The highest BCUT2D eigenvalue weighted by atomic mass is 16.4. The lowest BCUT2D eigenvalue weighted by atomic mass is 9.68. The molecule has 0 radical (unpaired) electrons. The minimum absolute atomic E-state index is 0.0794. The number of fused-ring (bicyclic) bond motifs is 1. The number of aromatic hydroxyl groups is 1. The van der Waals surface area contributed by atoms with Crippen LogP contribution in [0.4, 0.5) is 5.69 Å². The lowest BCUT2D eigenvalue weighted by molar-refractivity contribution is -0.123. The summed E-state index contributed by atoms with van der Waals surface area (Å²) in [7, 11) is -1.77. The Balaban J connectivity index is 1.59. The van der Waals surface area contributed by atoms with Gasteiger partial charge in [-0.2, -0.15) is 0 Å². The van der Waals surface area contributed by atoms with Crippen molar-refractivity contribution in [3.8, 4) is 5.75 Å². The van der Waals surface area contributed by atoms with Crippen molar-refractivity contribution in [3.05, 3.63) is 69.8 Å². The van der Waals surface area contributed by atoms with E-state index < -0.39 is 56.0 Å². The predicted molar refractivity (Wildman–Crippen MR) is 156 cm³/mol. The summed E-state index contributed by atoms with van der Waals surface area (Å²) in [6.45, 7) is 4.79. The molecular formula is C31H38BNO8. The number of rotatable bonds is 10. The minimum Gasteiger partial charge on any atom is -0.507 e. The van der Waals surface area contributed by atoms with Crippen LogP contribution >= 0.6 is 0 Å². The van der Waals surface area contributed by atoms with Gasteiger partial charge in [-0.3, -0.25) is 14.5 Å². The Bertz CT molecular complexity index is 1360. The average Bonchev–Trinajstić information content (AvgIpc) is 3.21. The standard InChI is InChI=1S/C31H38BNO8/c1-4-19(12-20-10-17(2)29(37)18(3)11-20)8-9-26(36)27-21(15-34)13-24-28(25(27)16-35)31(39)33(30(24)38)23-7-5-6-22(14-23)32(40)41/h5-7,10-12,14,24-26,28,34-37,40-41H,4,8-9,13,15-16H2,1-3H3/b19-12+/t24-,25+,26-,28-/m1/s1. The first-order chi connectivity index (χ1) is 19.5. The molecule has 1 heterocycles. The molecule has 41 heavy (non-hydrogen) atoms. The van der Waals surface area contributed by atoms with Gasteiger partial charge in [0.25, 0.3) is 0 Å². The maximum absolute atomic E-state index is 13.6. The van der Waals surface area contributed by atoms with E-state index in [9.17, 15) is 40.1 Å². The van der Waals surface area contributed by atoms with E-state index in [-0.39, 0.29) is 23.3 Å². The molecule has 4 rings (SSSR count). The summed E-state index contributed by atoms with van der Waals surface area (Å²) in [5.41, 5.74) is 4.74. The van der Waals surface area contributed by atoms with E-state index in [0.717, 1.165) is 33.6 Å². The molecule has 2 aromatic rings. The number of aryl methyl sites for hydroxylation is 2. The molecule has 1 fully saturated rings. The van der Waals surface area contributed by atoms with Gasteiger partial charge in [0.2, 0.25) is 11.8 Å². The van der Waals surface area contributed by atoms with E-state index >= 15 is 0 Å². The van der Waals surface area contributed by atoms with Crippen molar-refractivity contribution in [2.75, 3.05) is 18.1 Å². The third-order valence-corrected chi connectivity index (χ3v) is 8.43. The molecule has 1 aliphatic heterocycles. The summed E-state index contributed by atoms with van der Waals surface area (Å²) >= 11 is 0. The summed E-state index contributed by atoms with van der Waals surface area (Å²) in [6.07, 6.45) is 2.62. The number of aliphatic hydroxyl groups is 3. The molecule has 0 unspecified atom stereocenters. The summed E-state index contributed by atoms with van der Waals surface area (Å²) in [4.78, 5) is 28.1. The Kier molecular flexibility index (Phi) is 9.51. The number of amides is 2. The van der Waals surface area contributed by atoms with Crippen LogP contribution in [-0.4, -0.2) is 68.7 Å². The highest BCUT2D eigenvalue weighted by Gasteiger charge is 2.55. The van der Waals surface area contributed by atoms with E-state index in [0.29, 0.717) is 24.0 Å². The normalized spacial score (nSPS) is 21.9. The second kappa shape index (κ2) is 12.7. The highest BCUT2D eigenvalue weighted by molar-refractivity contribution is 6.58. The number of carbonyl (C=O) groups excluding carboxylic acids is 2. The van der Waals surface area contributed by atoms with Crippen molar-refractivity contribution >= 4 is 36.2 Å². The summed E-state index contributed by atoms with van der Waals surface area (Å²) in [6, 6.07) is 9.66. The fourth-order valence-electron chi connectivity index (χ4n) is 6.32. The van der Waals surface area contributed by atoms with Gasteiger partial charge < -0.3 is 30.5 Å². The summed E-state index contributed by atoms with van der Waals surface area (Å²) in [5.74, 6) is -3.33. The van der Waals surface area contributed by atoms with E-state index in [1.807, 2.05) is 39.0 Å². The lowest BCUT2D eigenvalue weighted by Gasteiger charge is -2.36. The molecule has 2 aromatic carbocycles. The van der Waals surface area contributed by atoms with Gasteiger partial charge in [0.15, 0.2) is 0 Å². The number of phenols is 1. The maximum atomic E-state index is 13.6. The van der Waals surface area contributed by atoms with Crippen molar-refractivity contribution in [2.45, 2.75) is 52.6 Å². The number of benzene rings is 2. The third kappa shape index (κ3) is 6.03. The number of carbonyl (C=O) groups is 2. The predicted octanol–water partition coefficient (Wildman–Crippen LogP) is 1.73. The third-order valence-electron chi connectivity index (χ3n) is 8.43. The minimum atomic E-state index is -1.77. The molecule has 1 aliphatic carbocycles. The van der Waals surface area contributed by atoms with Crippen molar-refractivity contribution in [1.29, 1.82) is 0 Å². The first-order valence-electron chi connectivity index (χ1n) is 14.0. The van der Waals surface area contributed by atoms with E-state index in [4.69, 9.17) is 0 Å². The van der Waals surface area contributed by atoms with E-state index in [2.05, 4.69) is 0 Å². The zero-order valence-corrected chi connectivity index (χ0v) is 23.6. The molecule has 0 spiro atoms. The monoisotopic (exact) mass is 563 g/mol. The van der Waals surface area contributed by atoms with Gasteiger partial charge in [-0.25, -0.2) is 0 Å². The fraction of sp³-hybridized carbons (Fsp3) is 0.419. The Hall–Kier alpha value is -3.28. The number of imide groups is 1. The van der Waals surface area contributed by atoms with Crippen molar-refractivity contribution in [3.63, 3.8) is 0 Å². The molecule has 9 nitrogen and oxygen atoms in total. The number of phenolic OH excluding ortho intramolecular Hbond substituents is 1. The highest BCUT2D eigenvalue weighted by Crippen LogP contribution is 2.47. The largest absolute Gasteiger partial charge is 0.507 e. The van der Waals surface area contributed by atoms with E-state index in [1.165, 1.54) is 24.3 Å². The Labute approximate surface area is 240 Å². The molecule has 0 bridgehead atoms. The van der Waals surface area contributed by atoms with Gasteiger partial charge in [-0.1, -0.05) is 30.7 Å². The number of allylic oxidation sites excluding steroid dienone is 1. The van der Waals surface area contributed by atoms with Crippen LogP contribution < -0.4 is 10.4 Å². The van der Waals surface area contributed by atoms with Crippen molar-refractivity contribution < 1.29 is 40.1 Å². The average molecular weight is 563 g/mol. The SMILES string of the molecule is CC/C(=C\c1cc(C)c(O)c(C)c1)CC[C@@H](O)C1=C(CO)C[C@H]2C(=O)N(c3cccc(B(O)O)c3)C(=O)[C@H]2[C@H]1CO. The first-order valence-corrected chi connectivity index (χ1v) is 14.0. The van der Waals surface area contributed by atoms with Crippen LogP contribution in [-0.2, 0) is 9.59 Å².